The van der Waals surface area contributed by atoms with Gasteiger partial charge in [0.25, 0.3) is 5.69 Å². The summed E-state index contributed by atoms with van der Waals surface area (Å²) in [4.78, 5) is 23.0. The molecule has 0 aliphatic carbocycles. The molecule has 0 radical (unpaired) electrons. The van der Waals surface area contributed by atoms with Crippen LogP contribution in [-0.2, 0) is 10.8 Å². The van der Waals surface area contributed by atoms with E-state index in [1.807, 2.05) is 11.4 Å². The van der Waals surface area contributed by atoms with Crippen molar-refractivity contribution in [2.45, 2.75) is 17.7 Å². The van der Waals surface area contributed by atoms with Crippen molar-refractivity contribution in [1.29, 1.82) is 0 Å². The van der Waals surface area contributed by atoms with E-state index in [0.717, 1.165) is 0 Å². The molecule has 0 aliphatic heterocycles. The molecule has 0 N–H and O–H groups in total. The van der Waals surface area contributed by atoms with Crippen LogP contribution in [0.2, 0.25) is 0 Å². The topological polar surface area (TPSA) is 77.3 Å². The highest BCUT2D eigenvalue weighted by Crippen LogP contribution is 2.22. The van der Waals surface area contributed by atoms with Gasteiger partial charge in [-0.1, -0.05) is 18.2 Å². The van der Waals surface area contributed by atoms with E-state index < -0.39 is 15.7 Å². The van der Waals surface area contributed by atoms with E-state index in [1.165, 1.54) is 23.5 Å². The van der Waals surface area contributed by atoms with Crippen molar-refractivity contribution in [3.05, 3.63) is 56.8 Å². The molecular formula is C14H13NO4S2. The molecular weight excluding hydrogens is 310 g/mol. The van der Waals surface area contributed by atoms with Crippen molar-refractivity contribution >= 4 is 33.6 Å². The van der Waals surface area contributed by atoms with Crippen molar-refractivity contribution in [3.63, 3.8) is 0 Å². The summed E-state index contributed by atoms with van der Waals surface area (Å²) in [6.45, 7) is 0. The van der Waals surface area contributed by atoms with Crippen LogP contribution < -0.4 is 0 Å². The zero-order valence-corrected chi connectivity index (χ0v) is 12.7. The monoisotopic (exact) mass is 323 g/mol. The summed E-state index contributed by atoms with van der Waals surface area (Å²) in [6.07, 6.45) is 0.738. The number of Topliss-reactive ketones (excluding diaryl/α,β-unsaturated/α-hetero) is 1. The van der Waals surface area contributed by atoms with Crippen LogP contribution in [0.1, 0.15) is 22.5 Å². The molecule has 21 heavy (non-hydrogen) atoms. The van der Waals surface area contributed by atoms with Gasteiger partial charge in [0, 0.05) is 18.2 Å². The number of hydrogen-bond acceptors (Lipinski definition) is 5. The van der Waals surface area contributed by atoms with E-state index in [4.69, 9.17) is 0 Å². The number of benzene rings is 1. The normalized spacial score (nSPS) is 12.0. The van der Waals surface area contributed by atoms with Gasteiger partial charge in [-0.25, -0.2) is 0 Å². The van der Waals surface area contributed by atoms with Gasteiger partial charge in [-0.2, -0.15) is 0 Å². The first kappa shape index (κ1) is 15.5. The van der Waals surface area contributed by atoms with Gasteiger partial charge in [-0.15, -0.1) is 11.3 Å². The molecule has 2 rings (SSSR count). The van der Waals surface area contributed by atoms with Crippen LogP contribution in [0, 0.1) is 10.1 Å². The number of hydrogen-bond donors (Lipinski definition) is 0. The van der Waals surface area contributed by atoms with Crippen LogP contribution in [0.25, 0.3) is 0 Å². The first-order chi connectivity index (χ1) is 10.1. The Hall–Kier alpha value is -1.86. The molecule has 1 unspecified atom stereocenters. The Bertz CT molecular complexity index is 667. The molecule has 7 heteroatoms. The lowest BCUT2D eigenvalue weighted by Crippen LogP contribution is -2.05. The summed E-state index contributed by atoms with van der Waals surface area (Å²) < 4.78 is 12.1. The molecule has 1 heterocycles. The average Bonchev–Trinajstić information content (AvgIpc) is 3.01. The largest absolute Gasteiger partial charge is 0.293 e. The number of para-hydroxylation sites is 1. The van der Waals surface area contributed by atoms with Crippen molar-refractivity contribution in [2.75, 3.05) is 5.75 Å². The second-order valence-electron chi connectivity index (χ2n) is 4.28. The molecule has 0 saturated heterocycles. The molecule has 0 spiro atoms. The van der Waals surface area contributed by atoms with Gasteiger partial charge in [0.15, 0.2) is 5.78 Å². The van der Waals surface area contributed by atoms with Gasteiger partial charge in [0.1, 0.15) is 4.90 Å². The molecule has 0 saturated carbocycles. The second-order valence-corrected chi connectivity index (χ2v) is 6.77. The number of rotatable bonds is 7. The number of nitro benzene ring substituents is 1. The smallest absolute Gasteiger partial charge is 0.285 e. The molecule has 0 fully saturated rings. The third-order valence-corrected chi connectivity index (χ3v) is 5.24. The van der Waals surface area contributed by atoms with Gasteiger partial charge in [0.05, 0.1) is 20.6 Å². The van der Waals surface area contributed by atoms with Gasteiger partial charge in [-0.3, -0.25) is 19.1 Å². The molecule has 5 nitrogen and oxygen atoms in total. The van der Waals surface area contributed by atoms with E-state index in [1.54, 1.807) is 18.2 Å². The Kier molecular flexibility index (Phi) is 5.35. The van der Waals surface area contributed by atoms with Gasteiger partial charge >= 0.3 is 0 Å². The highest BCUT2D eigenvalue weighted by molar-refractivity contribution is 7.85. The van der Waals surface area contributed by atoms with Crippen LogP contribution in [0.4, 0.5) is 5.69 Å². The van der Waals surface area contributed by atoms with Gasteiger partial charge in [0.2, 0.25) is 0 Å². The maximum atomic E-state index is 12.1. The highest BCUT2D eigenvalue weighted by Gasteiger charge is 2.18. The minimum atomic E-state index is -1.47. The fourth-order valence-corrected chi connectivity index (χ4v) is 3.76. The van der Waals surface area contributed by atoms with E-state index >= 15 is 0 Å². The number of ketones is 1. The van der Waals surface area contributed by atoms with Crippen LogP contribution in [0.3, 0.4) is 0 Å². The summed E-state index contributed by atoms with van der Waals surface area (Å²) in [6, 6.07) is 9.56. The minimum absolute atomic E-state index is 0.0181. The number of nitrogens with zero attached hydrogens (tertiary/aromatic N) is 1. The van der Waals surface area contributed by atoms with Crippen molar-refractivity contribution < 1.29 is 13.9 Å². The number of thiophene rings is 1. The molecule has 110 valence electrons. The molecule has 1 aromatic heterocycles. The van der Waals surface area contributed by atoms with Crippen molar-refractivity contribution in [1.82, 2.24) is 0 Å². The summed E-state index contributed by atoms with van der Waals surface area (Å²) >= 11 is 1.38. The molecule has 2 aromatic rings. The quantitative estimate of drug-likeness (QED) is 0.444. The summed E-state index contributed by atoms with van der Waals surface area (Å²) in [5.74, 6) is 0.256. The van der Waals surface area contributed by atoms with Crippen LogP contribution >= 0.6 is 11.3 Å². The maximum Gasteiger partial charge on any atom is 0.285 e. The third kappa shape index (κ3) is 4.05. The Morgan fingerprint density at radius 3 is 2.67 bits per heavy atom. The van der Waals surface area contributed by atoms with E-state index in [2.05, 4.69) is 0 Å². The Balaban J connectivity index is 1.94. The van der Waals surface area contributed by atoms with Gasteiger partial charge < -0.3 is 0 Å². The van der Waals surface area contributed by atoms with Crippen LogP contribution in [0.15, 0.2) is 46.7 Å². The molecule has 1 aromatic carbocycles. The maximum absolute atomic E-state index is 12.1. The highest BCUT2D eigenvalue weighted by atomic mass is 32.2. The predicted octanol–water partition coefficient (Wildman–Crippen LogP) is 3.43. The first-order valence-electron chi connectivity index (χ1n) is 6.28. The third-order valence-electron chi connectivity index (χ3n) is 2.84. The minimum Gasteiger partial charge on any atom is -0.293 e. The fraction of sp³-hybridized carbons (Fsp3) is 0.214. The number of carbonyl (C=O) groups is 1. The Labute approximate surface area is 128 Å². The van der Waals surface area contributed by atoms with Crippen molar-refractivity contribution in [2.24, 2.45) is 0 Å². The fourth-order valence-electron chi connectivity index (χ4n) is 1.83. The summed E-state index contributed by atoms with van der Waals surface area (Å²) in [5, 5.41) is 12.7. The lowest BCUT2D eigenvalue weighted by molar-refractivity contribution is -0.387. The van der Waals surface area contributed by atoms with E-state index in [-0.39, 0.29) is 22.1 Å². The second kappa shape index (κ2) is 7.24. The lowest BCUT2D eigenvalue weighted by atomic mass is 10.2. The zero-order chi connectivity index (χ0) is 15.2. The Morgan fingerprint density at radius 1 is 1.24 bits per heavy atom. The van der Waals surface area contributed by atoms with Crippen molar-refractivity contribution in [3.8, 4) is 0 Å². The Morgan fingerprint density at radius 2 is 2.00 bits per heavy atom. The van der Waals surface area contributed by atoms with E-state index in [0.29, 0.717) is 17.7 Å². The van der Waals surface area contributed by atoms with E-state index in [9.17, 15) is 19.1 Å². The zero-order valence-electron chi connectivity index (χ0n) is 11.1. The van der Waals surface area contributed by atoms with Crippen LogP contribution in [0.5, 0.6) is 0 Å². The number of carbonyl (C=O) groups excluding carboxylic acids is 1. The molecule has 0 bridgehead atoms. The summed E-state index contributed by atoms with van der Waals surface area (Å²) in [7, 11) is -1.47. The molecule has 1 atom stereocenters. The predicted molar refractivity (Wildman–Crippen MR) is 82.3 cm³/mol. The number of nitro groups is 1. The lowest BCUT2D eigenvalue weighted by Gasteiger charge is -2.03. The van der Waals surface area contributed by atoms with Crippen LogP contribution in [-0.4, -0.2) is 20.7 Å². The molecule has 0 amide bonds. The SMILES string of the molecule is O=C(CCCS(=O)c1ccccc1[N+](=O)[O-])c1cccs1. The summed E-state index contributed by atoms with van der Waals surface area (Å²) in [5.41, 5.74) is -0.139. The van der Waals surface area contributed by atoms with Gasteiger partial charge in [-0.05, 0) is 23.9 Å². The molecule has 0 aliphatic rings. The standard InChI is InChI=1S/C14H13NO4S2/c16-12(13-7-3-9-20-13)6-4-10-21(19)14-8-2-1-5-11(14)15(17)18/h1-3,5,7-9H,4,6,10H2. The first-order valence-corrected chi connectivity index (χ1v) is 8.48. The average molecular weight is 323 g/mol.